The summed E-state index contributed by atoms with van der Waals surface area (Å²) in [6.07, 6.45) is 1.82. The van der Waals surface area contributed by atoms with Gasteiger partial charge in [0.15, 0.2) is 0 Å². The molecule has 0 aliphatic rings. The molecule has 1 aromatic heterocycles. The molecule has 0 aliphatic heterocycles. The smallest absolute Gasteiger partial charge is 0.337 e. The summed E-state index contributed by atoms with van der Waals surface area (Å²) >= 11 is 0. The van der Waals surface area contributed by atoms with Crippen LogP contribution in [0, 0.1) is 0 Å². The molecule has 1 heterocycles. The topological polar surface area (TPSA) is 71.3 Å². The molecule has 2 N–H and O–H groups in total. The Morgan fingerprint density at radius 2 is 1.50 bits per heavy atom. The Morgan fingerprint density at radius 3 is 2.29 bits per heavy atom. The highest BCUT2D eigenvalue weighted by molar-refractivity contribution is 6.14. The number of benzene rings is 3. The van der Waals surface area contributed by atoms with E-state index in [0.717, 1.165) is 16.5 Å². The molecule has 4 aromatic rings. The summed E-state index contributed by atoms with van der Waals surface area (Å²) in [6, 6.07) is 24.1. The molecule has 0 radical (unpaired) electrons. The van der Waals surface area contributed by atoms with E-state index in [1.807, 2.05) is 65.4 Å². The number of hydrogen-bond donors (Lipinski definition) is 2. The number of carbonyl (C=O) groups excluding carboxylic acids is 1. The van der Waals surface area contributed by atoms with E-state index in [9.17, 15) is 14.7 Å². The third-order valence-corrected chi connectivity index (χ3v) is 4.63. The van der Waals surface area contributed by atoms with Crippen molar-refractivity contribution in [2.45, 2.75) is 6.54 Å². The number of nitrogens with one attached hydrogen (secondary N) is 1. The van der Waals surface area contributed by atoms with Crippen LogP contribution in [0.1, 0.15) is 26.3 Å². The lowest BCUT2D eigenvalue weighted by atomic mass is 10.1. The van der Waals surface area contributed by atoms with Gasteiger partial charge >= 0.3 is 5.97 Å². The lowest BCUT2D eigenvalue weighted by Crippen LogP contribution is -2.14. The predicted molar refractivity (Wildman–Crippen MR) is 109 cm³/mol. The summed E-state index contributed by atoms with van der Waals surface area (Å²) in [7, 11) is 0. The first-order valence-electron chi connectivity index (χ1n) is 8.89. The first-order valence-corrected chi connectivity index (χ1v) is 8.89. The van der Waals surface area contributed by atoms with Crippen LogP contribution >= 0.6 is 0 Å². The number of amides is 1. The first kappa shape index (κ1) is 17.5. The quantitative estimate of drug-likeness (QED) is 0.538. The third-order valence-electron chi connectivity index (χ3n) is 4.63. The number of carbonyl (C=O) groups is 2. The van der Waals surface area contributed by atoms with E-state index in [-0.39, 0.29) is 17.2 Å². The van der Waals surface area contributed by atoms with Crippen molar-refractivity contribution in [2.24, 2.45) is 0 Å². The number of rotatable bonds is 5. The van der Waals surface area contributed by atoms with Crippen LogP contribution in [0.15, 0.2) is 85.1 Å². The van der Waals surface area contributed by atoms with Gasteiger partial charge in [0.05, 0.1) is 16.8 Å². The summed E-state index contributed by atoms with van der Waals surface area (Å²) in [6.45, 7) is 0.639. The molecule has 0 atom stereocenters. The maximum Gasteiger partial charge on any atom is 0.337 e. The monoisotopic (exact) mass is 370 g/mol. The van der Waals surface area contributed by atoms with Crippen molar-refractivity contribution in [3.63, 3.8) is 0 Å². The zero-order chi connectivity index (χ0) is 19.5. The lowest BCUT2D eigenvalue weighted by Gasteiger charge is -2.07. The highest BCUT2D eigenvalue weighted by Gasteiger charge is 2.17. The second kappa shape index (κ2) is 7.40. The van der Waals surface area contributed by atoms with Crippen LogP contribution in [0.4, 0.5) is 5.69 Å². The minimum absolute atomic E-state index is 0.0591. The Labute approximate surface area is 161 Å². The number of nitrogens with zero attached hydrogens (tertiary/aromatic N) is 1. The molecule has 138 valence electrons. The summed E-state index contributed by atoms with van der Waals surface area (Å²) in [5.74, 6) is -1.42. The molecule has 0 aliphatic carbocycles. The number of carboxylic acids is 1. The molecule has 0 bridgehead atoms. The van der Waals surface area contributed by atoms with E-state index in [2.05, 4.69) is 5.32 Å². The number of carboxylic acid groups (broad SMARTS) is 1. The molecule has 0 spiro atoms. The van der Waals surface area contributed by atoms with Gasteiger partial charge in [0.25, 0.3) is 5.91 Å². The molecule has 28 heavy (non-hydrogen) atoms. The Morgan fingerprint density at radius 1 is 0.821 bits per heavy atom. The molecule has 0 unspecified atom stereocenters. The average molecular weight is 370 g/mol. The van der Waals surface area contributed by atoms with Gasteiger partial charge in [-0.25, -0.2) is 4.79 Å². The molecule has 4 rings (SSSR count). The zero-order valence-electron chi connectivity index (χ0n) is 15.0. The molecule has 0 saturated heterocycles. The molecule has 3 aromatic carbocycles. The van der Waals surface area contributed by atoms with Crippen LogP contribution in [0.3, 0.4) is 0 Å². The number of anilines is 1. The first-order chi connectivity index (χ1) is 13.6. The van der Waals surface area contributed by atoms with Gasteiger partial charge in [-0.05, 0) is 23.8 Å². The molecular formula is C23H18N2O3. The van der Waals surface area contributed by atoms with E-state index >= 15 is 0 Å². The highest BCUT2D eigenvalue weighted by Crippen LogP contribution is 2.24. The number of aromatic nitrogens is 1. The van der Waals surface area contributed by atoms with Gasteiger partial charge in [-0.15, -0.1) is 0 Å². The van der Waals surface area contributed by atoms with Crippen LogP contribution < -0.4 is 5.32 Å². The van der Waals surface area contributed by atoms with Gasteiger partial charge in [0, 0.05) is 23.6 Å². The third kappa shape index (κ3) is 3.38. The minimum atomic E-state index is -1.08. The van der Waals surface area contributed by atoms with E-state index in [4.69, 9.17) is 0 Å². The second-order valence-electron chi connectivity index (χ2n) is 6.48. The summed E-state index contributed by atoms with van der Waals surface area (Å²) < 4.78 is 2.03. The zero-order valence-corrected chi connectivity index (χ0v) is 15.0. The van der Waals surface area contributed by atoms with Crippen LogP contribution in [0.25, 0.3) is 10.9 Å². The van der Waals surface area contributed by atoms with Crippen LogP contribution in [-0.4, -0.2) is 21.6 Å². The van der Waals surface area contributed by atoms with Crippen molar-refractivity contribution in [1.82, 2.24) is 4.57 Å². The van der Waals surface area contributed by atoms with Gasteiger partial charge in [0.1, 0.15) is 0 Å². The van der Waals surface area contributed by atoms with Crippen molar-refractivity contribution >= 4 is 28.5 Å². The predicted octanol–water partition coefficient (Wildman–Crippen LogP) is 4.64. The maximum absolute atomic E-state index is 13.0. The fourth-order valence-corrected chi connectivity index (χ4v) is 3.31. The van der Waals surface area contributed by atoms with Crippen molar-refractivity contribution in [2.75, 3.05) is 5.32 Å². The number of fused-ring (bicyclic) bond motifs is 1. The molecule has 0 saturated carbocycles. The Bertz CT molecular complexity index is 1160. The van der Waals surface area contributed by atoms with E-state index < -0.39 is 5.97 Å². The fourth-order valence-electron chi connectivity index (χ4n) is 3.31. The highest BCUT2D eigenvalue weighted by atomic mass is 16.4. The normalized spacial score (nSPS) is 10.7. The van der Waals surface area contributed by atoms with E-state index in [0.29, 0.717) is 12.1 Å². The summed E-state index contributed by atoms with van der Waals surface area (Å²) in [5, 5.41) is 12.9. The lowest BCUT2D eigenvalue weighted by molar-refractivity contribution is 0.0698. The second-order valence-corrected chi connectivity index (χ2v) is 6.48. The van der Waals surface area contributed by atoms with Crippen molar-refractivity contribution in [1.29, 1.82) is 0 Å². The van der Waals surface area contributed by atoms with Gasteiger partial charge in [-0.2, -0.15) is 0 Å². The van der Waals surface area contributed by atoms with Crippen molar-refractivity contribution in [3.8, 4) is 0 Å². The maximum atomic E-state index is 13.0. The van der Waals surface area contributed by atoms with Crippen molar-refractivity contribution < 1.29 is 14.7 Å². The largest absolute Gasteiger partial charge is 0.478 e. The van der Waals surface area contributed by atoms with E-state index in [1.165, 1.54) is 6.07 Å². The Hall–Kier alpha value is -3.86. The molecule has 5 heteroatoms. The Balaban J connectivity index is 1.71. The van der Waals surface area contributed by atoms with Crippen LogP contribution in [0.5, 0.6) is 0 Å². The van der Waals surface area contributed by atoms with Crippen LogP contribution in [0.2, 0.25) is 0 Å². The van der Waals surface area contributed by atoms with Gasteiger partial charge in [-0.3, -0.25) is 4.79 Å². The molecular weight excluding hydrogens is 352 g/mol. The number of hydrogen-bond acceptors (Lipinski definition) is 2. The standard InChI is InChI=1S/C23H18N2O3/c26-22(24-20-12-6-4-11-18(20)23(27)28)19-15-25(14-16-8-2-1-3-9-16)21-13-7-5-10-17(19)21/h1-13,15H,14H2,(H,24,26)(H,27,28). The van der Waals surface area contributed by atoms with Gasteiger partial charge in [0.2, 0.25) is 0 Å². The molecule has 5 nitrogen and oxygen atoms in total. The molecule has 0 fully saturated rings. The van der Waals surface area contributed by atoms with Crippen LogP contribution in [-0.2, 0) is 6.54 Å². The summed E-state index contributed by atoms with van der Waals surface area (Å²) in [5.41, 5.74) is 2.92. The summed E-state index contributed by atoms with van der Waals surface area (Å²) in [4.78, 5) is 24.4. The number of para-hydroxylation sites is 2. The SMILES string of the molecule is O=C(O)c1ccccc1NC(=O)c1cn(Cc2ccccc2)c2ccccc12. The van der Waals surface area contributed by atoms with Gasteiger partial charge < -0.3 is 15.0 Å². The van der Waals surface area contributed by atoms with Gasteiger partial charge in [-0.1, -0.05) is 60.7 Å². The fraction of sp³-hybridized carbons (Fsp3) is 0.0435. The minimum Gasteiger partial charge on any atom is -0.478 e. The Kier molecular flexibility index (Phi) is 4.64. The van der Waals surface area contributed by atoms with E-state index in [1.54, 1.807) is 18.2 Å². The number of aromatic carboxylic acids is 1. The average Bonchev–Trinajstić information content (AvgIpc) is 3.08. The molecule has 1 amide bonds. The van der Waals surface area contributed by atoms with Crippen molar-refractivity contribution in [3.05, 3.63) is 102 Å².